The summed E-state index contributed by atoms with van der Waals surface area (Å²) in [5, 5.41) is 1.31. The predicted octanol–water partition coefficient (Wildman–Crippen LogP) is 3.58. The predicted molar refractivity (Wildman–Crippen MR) is 120 cm³/mol. The van der Waals surface area contributed by atoms with Crippen LogP contribution in [0, 0.1) is 0 Å². The van der Waals surface area contributed by atoms with Gasteiger partial charge in [0.15, 0.2) is 0 Å². The Kier molecular flexibility index (Phi) is 10.5. The second-order valence-electron chi connectivity index (χ2n) is 8.13. The van der Waals surface area contributed by atoms with Crippen LogP contribution < -0.4 is 21.1 Å². The van der Waals surface area contributed by atoms with Gasteiger partial charge in [0.05, 0.1) is 0 Å². The van der Waals surface area contributed by atoms with Crippen LogP contribution in [-0.2, 0) is 0 Å². The van der Waals surface area contributed by atoms with Gasteiger partial charge in [0, 0.05) is 0 Å². The SMILES string of the molecule is CCCCC/C=C\CC[As+](c1ccccc1)(c1ccccc1)C(C)(C)C.[Cl-]. The van der Waals surface area contributed by atoms with E-state index < -0.39 is 13.6 Å². The molecular weight excluding hydrogens is 411 g/mol. The molecule has 0 heterocycles. The fourth-order valence-electron chi connectivity index (χ4n) is 3.90. The van der Waals surface area contributed by atoms with Gasteiger partial charge < -0.3 is 12.4 Å². The second kappa shape index (κ2) is 11.8. The average Bonchev–Trinajstić information content (AvgIpc) is 2.64. The van der Waals surface area contributed by atoms with Gasteiger partial charge in [-0.25, -0.2) is 0 Å². The molecule has 0 saturated heterocycles. The quantitative estimate of drug-likeness (QED) is 0.314. The molecule has 2 heteroatoms. The van der Waals surface area contributed by atoms with E-state index in [0.29, 0.717) is 4.20 Å². The van der Waals surface area contributed by atoms with Gasteiger partial charge in [0.25, 0.3) is 0 Å². The molecule has 0 aliphatic rings. The Morgan fingerprint density at radius 3 is 1.67 bits per heavy atom. The van der Waals surface area contributed by atoms with Crippen LogP contribution in [0.3, 0.4) is 0 Å². The number of unbranched alkanes of at least 4 members (excludes halogenated alkanes) is 3. The van der Waals surface area contributed by atoms with Crippen molar-refractivity contribution in [2.75, 3.05) is 0 Å². The van der Waals surface area contributed by atoms with Crippen LogP contribution in [-0.4, -0.2) is 13.6 Å². The molecular formula is C25H36AsCl. The number of halogens is 1. The minimum Gasteiger partial charge on any atom is -1.00 e. The summed E-state index contributed by atoms with van der Waals surface area (Å²) >= 11 is -2.33. The van der Waals surface area contributed by atoms with Crippen LogP contribution >= 0.6 is 0 Å². The van der Waals surface area contributed by atoms with Crippen molar-refractivity contribution in [1.82, 2.24) is 0 Å². The van der Waals surface area contributed by atoms with Crippen LogP contribution in [0.5, 0.6) is 0 Å². The molecule has 148 valence electrons. The molecule has 2 aromatic carbocycles. The van der Waals surface area contributed by atoms with Crippen molar-refractivity contribution >= 4 is 22.3 Å². The van der Waals surface area contributed by atoms with Crippen molar-refractivity contribution in [3.63, 3.8) is 0 Å². The van der Waals surface area contributed by atoms with E-state index in [2.05, 4.69) is 101 Å². The summed E-state index contributed by atoms with van der Waals surface area (Å²) in [5.74, 6) is 0. The molecule has 0 fully saturated rings. The van der Waals surface area contributed by atoms with Crippen molar-refractivity contribution in [3.8, 4) is 0 Å². The van der Waals surface area contributed by atoms with Gasteiger partial charge in [-0.1, -0.05) is 0 Å². The van der Waals surface area contributed by atoms with Crippen molar-refractivity contribution in [2.24, 2.45) is 0 Å². The van der Waals surface area contributed by atoms with Crippen LogP contribution in [0.15, 0.2) is 72.8 Å². The van der Waals surface area contributed by atoms with Gasteiger partial charge in [-0.05, 0) is 0 Å². The van der Waals surface area contributed by atoms with Gasteiger partial charge >= 0.3 is 164 Å². The van der Waals surface area contributed by atoms with Gasteiger partial charge in [0.2, 0.25) is 0 Å². The van der Waals surface area contributed by atoms with Crippen molar-refractivity contribution in [3.05, 3.63) is 72.8 Å². The minimum atomic E-state index is -2.33. The third kappa shape index (κ3) is 6.26. The molecule has 0 radical (unpaired) electrons. The van der Waals surface area contributed by atoms with E-state index in [4.69, 9.17) is 0 Å². The zero-order valence-corrected chi connectivity index (χ0v) is 20.1. The molecule has 0 nitrogen and oxygen atoms in total. The Morgan fingerprint density at radius 1 is 0.741 bits per heavy atom. The van der Waals surface area contributed by atoms with Gasteiger partial charge in [-0.15, -0.1) is 0 Å². The second-order valence-corrected chi connectivity index (χ2v) is 17.4. The summed E-state index contributed by atoms with van der Waals surface area (Å²) in [6.45, 7) is 9.66. The number of hydrogen-bond acceptors (Lipinski definition) is 0. The molecule has 0 N–H and O–H groups in total. The zero-order valence-electron chi connectivity index (χ0n) is 17.5. The first kappa shape index (κ1) is 24.1. The fourth-order valence-corrected chi connectivity index (χ4v) is 14.2. The monoisotopic (exact) mass is 446 g/mol. The van der Waals surface area contributed by atoms with Crippen LogP contribution in [0.4, 0.5) is 0 Å². The normalized spacial score (nSPS) is 12.1. The van der Waals surface area contributed by atoms with E-state index in [1.54, 1.807) is 8.70 Å². The summed E-state index contributed by atoms with van der Waals surface area (Å²) < 4.78 is 3.50. The van der Waals surface area contributed by atoms with Gasteiger partial charge in [-0.2, -0.15) is 0 Å². The van der Waals surface area contributed by atoms with Crippen LogP contribution in [0.1, 0.15) is 59.8 Å². The van der Waals surface area contributed by atoms with E-state index in [1.165, 1.54) is 37.3 Å². The molecule has 0 aliphatic carbocycles. The van der Waals surface area contributed by atoms with Gasteiger partial charge in [-0.3, -0.25) is 0 Å². The topological polar surface area (TPSA) is 0 Å². The maximum atomic E-state index is 2.46. The number of benzene rings is 2. The first-order chi connectivity index (χ1) is 12.5. The maximum Gasteiger partial charge on any atom is -1.00 e. The summed E-state index contributed by atoms with van der Waals surface area (Å²) in [5.41, 5.74) is 0. The Labute approximate surface area is 176 Å². The third-order valence-corrected chi connectivity index (χ3v) is 17.0. The molecule has 27 heavy (non-hydrogen) atoms. The third-order valence-electron chi connectivity index (χ3n) is 5.31. The van der Waals surface area contributed by atoms with Gasteiger partial charge in [0.1, 0.15) is 0 Å². The summed E-state index contributed by atoms with van der Waals surface area (Å²) in [7, 11) is 0. The molecule has 0 spiro atoms. The Morgan fingerprint density at radius 2 is 1.22 bits per heavy atom. The van der Waals surface area contributed by atoms with Crippen molar-refractivity contribution in [2.45, 2.75) is 69.2 Å². The van der Waals surface area contributed by atoms with E-state index in [0.717, 1.165) is 0 Å². The van der Waals surface area contributed by atoms with Crippen molar-refractivity contribution < 1.29 is 12.4 Å². The minimum absolute atomic E-state index is 0. The summed E-state index contributed by atoms with van der Waals surface area (Å²) in [4.78, 5) is 0. The smallest absolute Gasteiger partial charge is 1.00 e. The maximum absolute atomic E-state index is 2.46. The first-order valence-corrected chi connectivity index (χ1v) is 14.3. The Balaban J connectivity index is 0.00000364. The Bertz CT molecular complexity index is 616. The number of hydrogen-bond donors (Lipinski definition) is 0. The van der Waals surface area contributed by atoms with E-state index in [1.807, 2.05) is 0 Å². The first-order valence-electron chi connectivity index (χ1n) is 10.2. The summed E-state index contributed by atoms with van der Waals surface area (Å²) in [6, 6.07) is 22.7. The largest absolute Gasteiger partial charge is 1.00 e. The molecule has 2 rings (SSSR count). The van der Waals surface area contributed by atoms with E-state index in [9.17, 15) is 0 Å². The fraction of sp³-hybridized carbons (Fsp3) is 0.440. The van der Waals surface area contributed by atoms with Crippen molar-refractivity contribution in [1.29, 1.82) is 0 Å². The van der Waals surface area contributed by atoms with E-state index in [-0.39, 0.29) is 12.4 Å². The molecule has 0 saturated carbocycles. The molecule has 0 bridgehead atoms. The molecule has 0 aliphatic heterocycles. The van der Waals surface area contributed by atoms with E-state index >= 15 is 0 Å². The number of allylic oxidation sites excluding steroid dienone is 2. The van der Waals surface area contributed by atoms with Crippen LogP contribution in [0.2, 0.25) is 9.41 Å². The van der Waals surface area contributed by atoms with Crippen LogP contribution in [0.25, 0.3) is 0 Å². The molecule has 0 amide bonds. The zero-order chi connectivity index (χ0) is 18.9. The standard InChI is InChI=1S/C25H36As.ClH/c1-5-6-7-8-9-10-17-22-26(25(2,3)4,23-18-13-11-14-19-23)24-20-15-12-16-21-24;/h9-16,18-21H,5-8,17,22H2,1-4H3;1H/q+1;/p-1/b10-9-;. The molecule has 0 atom stereocenters. The summed E-state index contributed by atoms with van der Waals surface area (Å²) in [6.07, 6.45) is 11.3. The molecule has 0 unspecified atom stereocenters. The average molecular weight is 447 g/mol. The number of rotatable bonds is 9. The molecule has 0 aromatic heterocycles. The molecule has 2 aromatic rings. The Hall–Kier alpha value is -0.972.